The van der Waals surface area contributed by atoms with Crippen molar-refractivity contribution in [2.45, 2.75) is 25.1 Å². The molecule has 1 aliphatic heterocycles. The zero-order valence-corrected chi connectivity index (χ0v) is 12.8. The molecule has 5 nitrogen and oxygen atoms in total. The molecule has 8 heteroatoms. The summed E-state index contributed by atoms with van der Waals surface area (Å²) in [6.45, 7) is 0.660. The van der Waals surface area contributed by atoms with Gasteiger partial charge in [-0.2, -0.15) is 18.3 Å². The van der Waals surface area contributed by atoms with Gasteiger partial charge in [0.05, 0.1) is 17.4 Å². The predicted molar refractivity (Wildman–Crippen MR) is 81.7 cm³/mol. The van der Waals surface area contributed by atoms with Gasteiger partial charge in [0.2, 0.25) is 0 Å². The number of halogens is 3. The lowest BCUT2D eigenvalue weighted by Crippen LogP contribution is -2.46. The van der Waals surface area contributed by atoms with Crippen LogP contribution in [0.4, 0.5) is 13.2 Å². The molecular formula is C16H17F3N4O. The van der Waals surface area contributed by atoms with Gasteiger partial charge in [-0.05, 0) is 25.0 Å². The van der Waals surface area contributed by atoms with E-state index in [4.69, 9.17) is 5.73 Å². The van der Waals surface area contributed by atoms with E-state index < -0.39 is 23.3 Å². The van der Waals surface area contributed by atoms with Gasteiger partial charge in [0.15, 0.2) is 5.69 Å². The maximum absolute atomic E-state index is 13.6. The second-order valence-electron chi connectivity index (χ2n) is 5.81. The molecule has 1 fully saturated rings. The number of hydrogen-bond donors (Lipinski definition) is 1. The number of amides is 1. The minimum absolute atomic E-state index is 0.207. The van der Waals surface area contributed by atoms with E-state index in [1.54, 1.807) is 18.2 Å². The first-order valence-corrected chi connectivity index (χ1v) is 7.63. The zero-order chi connectivity index (χ0) is 17.3. The van der Waals surface area contributed by atoms with Crippen LogP contribution in [-0.4, -0.2) is 39.7 Å². The number of alkyl halides is 3. The number of para-hydroxylation sites is 1. The number of benzene rings is 1. The molecule has 1 aromatic carbocycles. The molecule has 0 spiro atoms. The van der Waals surface area contributed by atoms with Crippen molar-refractivity contribution in [1.82, 2.24) is 14.7 Å². The van der Waals surface area contributed by atoms with Crippen LogP contribution >= 0.6 is 0 Å². The number of aromatic nitrogens is 2. The van der Waals surface area contributed by atoms with E-state index in [-0.39, 0.29) is 18.3 Å². The molecule has 2 N–H and O–H groups in total. The van der Waals surface area contributed by atoms with E-state index in [0.717, 1.165) is 17.3 Å². The van der Waals surface area contributed by atoms with Gasteiger partial charge in [-0.1, -0.05) is 18.2 Å². The third-order valence-electron chi connectivity index (χ3n) is 4.01. The summed E-state index contributed by atoms with van der Waals surface area (Å²) in [4.78, 5) is 13.9. The molecule has 1 unspecified atom stereocenters. The third-order valence-corrected chi connectivity index (χ3v) is 4.01. The highest BCUT2D eigenvalue weighted by molar-refractivity contribution is 5.95. The molecule has 3 rings (SSSR count). The molecule has 0 saturated carbocycles. The van der Waals surface area contributed by atoms with Crippen LogP contribution in [0.3, 0.4) is 0 Å². The summed E-state index contributed by atoms with van der Waals surface area (Å²) >= 11 is 0. The Hall–Kier alpha value is -2.35. The Morgan fingerprint density at radius 1 is 1.25 bits per heavy atom. The van der Waals surface area contributed by atoms with Gasteiger partial charge in [0.1, 0.15) is 0 Å². The lowest BCUT2D eigenvalue weighted by atomic mass is 10.1. The molecule has 1 aromatic heterocycles. The summed E-state index contributed by atoms with van der Waals surface area (Å²) in [6.07, 6.45) is -2.27. The van der Waals surface area contributed by atoms with Gasteiger partial charge in [-0.15, -0.1) is 0 Å². The number of likely N-dealkylation sites (tertiary alicyclic amines) is 1. The SMILES string of the molecule is NC1CCCN(C(=O)c2cnn(-c3ccccc3)c2C(F)(F)F)C1. The fraction of sp³-hybridized carbons (Fsp3) is 0.375. The van der Waals surface area contributed by atoms with Crippen LogP contribution in [0.2, 0.25) is 0 Å². The molecule has 128 valence electrons. The Labute approximate surface area is 136 Å². The molecule has 1 saturated heterocycles. The van der Waals surface area contributed by atoms with Gasteiger partial charge >= 0.3 is 6.18 Å². The van der Waals surface area contributed by atoms with Gasteiger partial charge in [0, 0.05) is 19.1 Å². The average molecular weight is 338 g/mol. The highest BCUT2D eigenvalue weighted by atomic mass is 19.4. The van der Waals surface area contributed by atoms with Crippen molar-refractivity contribution in [2.75, 3.05) is 13.1 Å². The summed E-state index contributed by atoms with van der Waals surface area (Å²) in [5.41, 5.74) is 4.57. The summed E-state index contributed by atoms with van der Waals surface area (Å²) in [5.74, 6) is -0.681. The Morgan fingerprint density at radius 2 is 1.96 bits per heavy atom. The largest absolute Gasteiger partial charge is 0.434 e. The standard InChI is InChI=1S/C16H17F3N4O/c17-16(18,19)14-13(15(24)22-8-4-5-11(20)10-22)9-21-23(14)12-6-2-1-3-7-12/h1-3,6-7,9,11H,4-5,8,10,20H2. The van der Waals surface area contributed by atoms with E-state index in [1.807, 2.05) is 0 Å². The quantitative estimate of drug-likeness (QED) is 0.915. The Bertz CT molecular complexity index is 727. The van der Waals surface area contributed by atoms with Crippen molar-refractivity contribution in [2.24, 2.45) is 5.73 Å². The molecule has 0 bridgehead atoms. The minimum Gasteiger partial charge on any atom is -0.337 e. The van der Waals surface area contributed by atoms with Crippen molar-refractivity contribution in [3.8, 4) is 5.69 Å². The van der Waals surface area contributed by atoms with Crippen LogP contribution in [0.5, 0.6) is 0 Å². The van der Waals surface area contributed by atoms with Crippen LogP contribution in [0.25, 0.3) is 5.69 Å². The summed E-state index contributed by atoms with van der Waals surface area (Å²) in [7, 11) is 0. The van der Waals surface area contributed by atoms with Gasteiger partial charge in [0.25, 0.3) is 5.91 Å². The van der Waals surface area contributed by atoms with Gasteiger partial charge in [-0.3, -0.25) is 4.79 Å². The first-order chi connectivity index (χ1) is 11.4. The molecule has 0 aliphatic carbocycles. The highest BCUT2D eigenvalue weighted by Gasteiger charge is 2.41. The molecular weight excluding hydrogens is 321 g/mol. The topological polar surface area (TPSA) is 64.2 Å². The predicted octanol–water partition coefficient (Wildman–Crippen LogP) is 2.45. The highest BCUT2D eigenvalue weighted by Crippen LogP contribution is 2.34. The van der Waals surface area contributed by atoms with Crippen LogP contribution in [0.15, 0.2) is 36.5 Å². The molecule has 1 amide bonds. The Morgan fingerprint density at radius 3 is 2.58 bits per heavy atom. The molecule has 1 atom stereocenters. The number of carbonyl (C=O) groups excluding carboxylic acids is 1. The number of nitrogens with two attached hydrogens (primary N) is 1. The second-order valence-corrected chi connectivity index (χ2v) is 5.81. The smallest absolute Gasteiger partial charge is 0.337 e. The first-order valence-electron chi connectivity index (χ1n) is 7.63. The van der Waals surface area contributed by atoms with E-state index in [0.29, 0.717) is 13.0 Å². The number of rotatable bonds is 2. The van der Waals surface area contributed by atoms with Crippen molar-refractivity contribution >= 4 is 5.91 Å². The van der Waals surface area contributed by atoms with Crippen LogP contribution in [-0.2, 0) is 6.18 Å². The first kappa shape index (κ1) is 16.5. The summed E-state index contributed by atoms with van der Waals surface area (Å²) < 4.78 is 41.5. The maximum Gasteiger partial charge on any atom is 0.434 e. The summed E-state index contributed by atoms with van der Waals surface area (Å²) in [6, 6.07) is 7.73. The fourth-order valence-electron chi connectivity index (χ4n) is 2.91. The van der Waals surface area contributed by atoms with Crippen LogP contribution < -0.4 is 5.73 Å². The van der Waals surface area contributed by atoms with E-state index in [2.05, 4.69) is 5.10 Å². The van der Waals surface area contributed by atoms with Crippen LogP contribution in [0, 0.1) is 0 Å². The van der Waals surface area contributed by atoms with Gasteiger partial charge < -0.3 is 10.6 Å². The lowest BCUT2D eigenvalue weighted by molar-refractivity contribution is -0.143. The molecule has 1 aliphatic rings. The number of piperidine rings is 1. The Balaban J connectivity index is 2.02. The van der Waals surface area contributed by atoms with Crippen molar-refractivity contribution in [3.63, 3.8) is 0 Å². The van der Waals surface area contributed by atoms with E-state index >= 15 is 0 Å². The summed E-state index contributed by atoms with van der Waals surface area (Å²) in [5, 5.41) is 3.81. The van der Waals surface area contributed by atoms with Gasteiger partial charge in [-0.25, -0.2) is 4.68 Å². The number of carbonyl (C=O) groups is 1. The minimum atomic E-state index is -4.70. The van der Waals surface area contributed by atoms with E-state index in [9.17, 15) is 18.0 Å². The molecule has 2 heterocycles. The van der Waals surface area contributed by atoms with Crippen molar-refractivity contribution in [3.05, 3.63) is 47.8 Å². The van der Waals surface area contributed by atoms with Crippen molar-refractivity contribution in [1.29, 1.82) is 0 Å². The average Bonchev–Trinajstić information content (AvgIpc) is 3.00. The third kappa shape index (κ3) is 3.14. The lowest BCUT2D eigenvalue weighted by Gasteiger charge is -2.30. The number of nitrogens with zero attached hydrogens (tertiary/aromatic N) is 3. The molecule has 0 radical (unpaired) electrons. The second kappa shape index (κ2) is 6.27. The molecule has 24 heavy (non-hydrogen) atoms. The monoisotopic (exact) mass is 338 g/mol. The zero-order valence-electron chi connectivity index (χ0n) is 12.8. The molecule has 2 aromatic rings. The normalized spacial score (nSPS) is 18.7. The fourth-order valence-corrected chi connectivity index (χ4v) is 2.91. The Kier molecular flexibility index (Phi) is 4.31. The van der Waals surface area contributed by atoms with E-state index in [1.165, 1.54) is 17.0 Å². The maximum atomic E-state index is 13.6. The van der Waals surface area contributed by atoms with Crippen molar-refractivity contribution < 1.29 is 18.0 Å². The number of hydrogen-bond acceptors (Lipinski definition) is 3. The van der Waals surface area contributed by atoms with Crippen LogP contribution in [0.1, 0.15) is 28.9 Å².